The zero-order chi connectivity index (χ0) is 18.1. The number of hydrogen-bond acceptors (Lipinski definition) is 6. The quantitative estimate of drug-likeness (QED) is 0.713. The first kappa shape index (κ1) is 14.9. The fourth-order valence-electron chi connectivity index (χ4n) is 4.06. The first-order valence-corrected chi connectivity index (χ1v) is 9.06. The second kappa shape index (κ2) is 5.15. The van der Waals surface area contributed by atoms with Crippen LogP contribution < -0.4 is 10.1 Å². The van der Waals surface area contributed by atoms with E-state index in [4.69, 9.17) is 0 Å². The maximum atomic E-state index is 14.5. The second-order valence-electron chi connectivity index (χ2n) is 7.37. The molecule has 3 aliphatic rings. The van der Waals surface area contributed by atoms with Crippen molar-refractivity contribution < 1.29 is 4.39 Å². The molecule has 4 heterocycles. The monoisotopic (exact) mass is 364 g/mol. The summed E-state index contributed by atoms with van der Waals surface area (Å²) in [6.45, 7) is 2.26. The second-order valence-corrected chi connectivity index (χ2v) is 7.37. The summed E-state index contributed by atoms with van der Waals surface area (Å²) in [7, 11) is 0. The highest BCUT2D eigenvalue weighted by Gasteiger charge is 2.41. The van der Waals surface area contributed by atoms with E-state index in [9.17, 15) is 4.39 Å². The van der Waals surface area contributed by atoms with Gasteiger partial charge >= 0.3 is 0 Å². The van der Waals surface area contributed by atoms with Crippen molar-refractivity contribution in [1.82, 2.24) is 24.7 Å². The van der Waals surface area contributed by atoms with E-state index in [2.05, 4.69) is 27.2 Å². The minimum atomic E-state index is -0.548. The Kier molecular flexibility index (Phi) is 2.84. The predicted molar refractivity (Wildman–Crippen MR) is 96.4 cm³/mol. The Hall–Kier alpha value is -3.23. The number of aromatic nitrogens is 5. The molecule has 0 spiro atoms. The summed E-state index contributed by atoms with van der Waals surface area (Å²) in [5.41, 5.74) is 2.69. The standard InChI is InChI=1S/C18H17FN8/c1-11-6-12(11)7-13-8-22-23-27(13)24-10-21-17-14-4-2-3-5-15(14)25-16(26(17)24)9-20-18(25)19/h2-5,8-12,17H,6-7H2,1H3. The van der Waals surface area contributed by atoms with Gasteiger partial charge in [-0.2, -0.15) is 9.51 Å². The van der Waals surface area contributed by atoms with Gasteiger partial charge < -0.3 is 0 Å². The fourth-order valence-corrected chi connectivity index (χ4v) is 4.06. The van der Waals surface area contributed by atoms with Crippen molar-refractivity contribution >= 4 is 12.2 Å². The van der Waals surface area contributed by atoms with Crippen LogP contribution >= 0.6 is 0 Å². The molecule has 1 saturated carbocycles. The zero-order valence-corrected chi connectivity index (χ0v) is 14.6. The van der Waals surface area contributed by atoms with Gasteiger partial charge in [-0.1, -0.05) is 25.1 Å². The molecule has 9 heteroatoms. The zero-order valence-electron chi connectivity index (χ0n) is 14.6. The number of anilines is 1. The van der Waals surface area contributed by atoms with Gasteiger partial charge in [0.15, 0.2) is 12.0 Å². The largest absolute Gasteiger partial charge is 0.295 e. The molecule has 0 saturated heterocycles. The van der Waals surface area contributed by atoms with Crippen molar-refractivity contribution in [2.24, 2.45) is 16.8 Å². The average Bonchev–Trinajstić information content (AvgIpc) is 3.07. The first-order chi connectivity index (χ1) is 13.2. The lowest BCUT2D eigenvalue weighted by molar-refractivity contribution is 0.489. The number of nitrogens with zero attached hydrogens (tertiary/aromatic N) is 8. The van der Waals surface area contributed by atoms with Gasteiger partial charge in [0, 0.05) is 5.56 Å². The van der Waals surface area contributed by atoms with Crippen LogP contribution in [0.15, 0.2) is 41.7 Å². The third-order valence-electron chi connectivity index (χ3n) is 5.70. The molecule has 0 radical (unpaired) electrons. The van der Waals surface area contributed by atoms with Gasteiger partial charge in [0.25, 0.3) is 6.08 Å². The van der Waals surface area contributed by atoms with Crippen LogP contribution in [-0.2, 0) is 6.42 Å². The van der Waals surface area contributed by atoms with Crippen LogP contribution in [0.2, 0.25) is 0 Å². The molecule has 0 N–H and O–H groups in total. The van der Waals surface area contributed by atoms with Gasteiger partial charge in [0.1, 0.15) is 6.34 Å². The highest BCUT2D eigenvalue weighted by Crippen LogP contribution is 2.43. The van der Waals surface area contributed by atoms with Crippen LogP contribution in [0.25, 0.3) is 5.69 Å². The SMILES string of the molecule is CC1CC1Cc1cnnn1N1C=NC2c3ccccc3-n3c(cnc3F)N21. The normalized spacial score (nSPS) is 24.7. The predicted octanol–water partition coefficient (Wildman–Crippen LogP) is 2.22. The molecule has 136 valence electrons. The maximum Gasteiger partial charge on any atom is 0.295 e. The summed E-state index contributed by atoms with van der Waals surface area (Å²) < 4.78 is 16.0. The summed E-state index contributed by atoms with van der Waals surface area (Å²) in [5.74, 6) is 2.02. The first-order valence-electron chi connectivity index (χ1n) is 9.06. The van der Waals surface area contributed by atoms with Gasteiger partial charge in [-0.3, -0.25) is 4.57 Å². The Balaban J connectivity index is 1.46. The summed E-state index contributed by atoms with van der Waals surface area (Å²) in [6, 6.07) is 7.67. The van der Waals surface area contributed by atoms with Crippen LogP contribution in [0.1, 0.15) is 30.8 Å². The Labute approximate surface area is 154 Å². The van der Waals surface area contributed by atoms with Crippen molar-refractivity contribution in [2.45, 2.75) is 25.9 Å². The molecule has 2 aromatic heterocycles. The van der Waals surface area contributed by atoms with Crippen LogP contribution in [0.5, 0.6) is 0 Å². The smallest absolute Gasteiger partial charge is 0.253 e. The molecular formula is C18H17FN8. The number of halogens is 1. The third kappa shape index (κ3) is 2.02. The summed E-state index contributed by atoms with van der Waals surface area (Å²) in [6.07, 6.45) is 6.35. The number of imidazole rings is 1. The molecule has 1 aliphatic carbocycles. The topological polar surface area (TPSA) is 67.4 Å². The Morgan fingerprint density at radius 2 is 2.07 bits per heavy atom. The number of rotatable bonds is 3. The molecule has 1 aromatic carbocycles. The van der Waals surface area contributed by atoms with Gasteiger partial charge in [-0.15, -0.1) is 9.89 Å². The third-order valence-corrected chi connectivity index (χ3v) is 5.70. The van der Waals surface area contributed by atoms with E-state index in [1.165, 1.54) is 17.2 Å². The highest BCUT2D eigenvalue weighted by atomic mass is 19.1. The van der Waals surface area contributed by atoms with Crippen LogP contribution in [0.4, 0.5) is 10.2 Å². The van der Waals surface area contributed by atoms with Crippen molar-refractivity contribution in [3.05, 3.63) is 54.0 Å². The number of para-hydroxylation sites is 1. The lowest BCUT2D eigenvalue weighted by Crippen LogP contribution is -2.50. The average molecular weight is 364 g/mol. The molecule has 8 nitrogen and oxygen atoms in total. The fraction of sp³-hybridized carbons (Fsp3) is 0.333. The minimum Gasteiger partial charge on any atom is -0.253 e. The minimum absolute atomic E-state index is 0.290. The summed E-state index contributed by atoms with van der Waals surface area (Å²) in [5, 5.41) is 12.1. The van der Waals surface area contributed by atoms with Crippen molar-refractivity contribution in [3.8, 4) is 5.69 Å². The van der Waals surface area contributed by atoms with E-state index in [0.717, 1.165) is 29.3 Å². The summed E-state index contributed by atoms with van der Waals surface area (Å²) in [4.78, 5) is 10.3. The summed E-state index contributed by atoms with van der Waals surface area (Å²) >= 11 is 0. The molecule has 2 aliphatic heterocycles. The Morgan fingerprint density at radius 1 is 1.22 bits per heavy atom. The van der Waals surface area contributed by atoms with Crippen molar-refractivity contribution in [1.29, 1.82) is 0 Å². The molecule has 3 unspecified atom stereocenters. The van der Waals surface area contributed by atoms with E-state index in [1.807, 2.05) is 29.3 Å². The van der Waals surface area contributed by atoms with Crippen LogP contribution in [-0.4, -0.2) is 31.0 Å². The number of hydrogen-bond donors (Lipinski definition) is 0. The number of aliphatic imine (C=N–C) groups is 1. The van der Waals surface area contributed by atoms with Gasteiger partial charge in [-0.25, -0.2) is 15.0 Å². The maximum absolute atomic E-state index is 14.5. The number of hydrazine groups is 1. The lowest BCUT2D eigenvalue weighted by Gasteiger charge is -2.37. The molecule has 27 heavy (non-hydrogen) atoms. The van der Waals surface area contributed by atoms with E-state index < -0.39 is 6.08 Å². The van der Waals surface area contributed by atoms with Crippen molar-refractivity contribution in [3.63, 3.8) is 0 Å². The molecule has 6 rings (SSSR count). The Morgan fingerprint density at radius 3 is 2.93 bits per heavy atom. The van der Waals surface area contributed by atoms with E-state index in [1.54, 1.807) is 22.4 Å². The molecule has 3 atom stereocenters. The lowest BCUT2D eigenvalue weighted by atomic mass is 10.1. The molecule has 0 bridgehead atoms. The molecular weight excluding hydrogens is 347 g/mol. The number of fused-ring (bicyclic) bond motifs is 6. The number of benzene rings is 1. The molecule has 3 aromatic rings. The van der Waals surface area contributed by atoms with Crippen LogP contribution in [0.3, 0.4) is 0 Å². The van der Waals surface area contributed by atoms with Crippen LogP contribution in [0, 0.1) is 17.9 Å². The molecule has 1 fully saturated rings. The van der Waals surface area contributed by atoms with Gasteiger partial charge in [-0.05, 0) is 36.0 Å². The van der Waals surface area contributed by atoms with E-state index in [-0.39, 0.29) is 6.17 Å². The van der Waals surface area contributed by atoms with Gasteiger partial charge in [0.05, 0.1) is 23.8 Å². The van der Waals surface area contributed by atoms with E-state index in [0.29, 0.717) is 11.7 Å². The highest BCUT2D eigenvalue weighted by molar-refractivity contribution is 5.78. The van der Waals surface area contributed by atoms with E-state index >= 15 is 0 Å². The van der Waals surface area contributed by atoms with Gasteiger partial charge in [0.2, 0.25) is 0 Å². The van der Waals surface area contributed by atoms with Crippen molar-refractivity contribution in [2.75, 3.05) is 10.1 Å². The molecule has 0 amide bonds. The Bertz CT molecular complexity index is 1070.